The fourth-order valence-corrected chi connectivity index (χ4v) is 2.10. The minimum Gasteiger partial charge on any atom is -0.381 e. The predicted molar refractivity (Wildman–Crippen MR) is 48.2 cm³/mol. The molecule has 2 N–H and O–H groups in total. The van der Waals surface area contributed by atoms with E-state index in [1.807, 2.05) is 0 Å². The standard InChI is InChI=1S/C9H18N2O/c1-5-12-6-2-9(1)7-10-3-4-11-8-9/h10-11H,1-8H2. The summed E-state index contributed by atoms with van der Waals surface area (Å²) in [4.78, 5) is 0. The minimum absolute atomic E-state index is 0.495. The van der Waals surface area contributed by atoms with Crippen molar-refractivity contribution in [3.05, 3.63) is 0 Å². The molecule has 1 spiro atoms. The average molecular weight is 170 g/mol. The van der Waals surface area contributed by atoms with Crippen molar-refractivity contribution in [3.63, 3.8) is 0 Å². The number of hydrogen-bond acceptors (Lipinski definition) is 3. The number of nitrogens with one attached hydrogen (secondary N) is 2. The van der Waals surface area contributed by atoms with Crippen molar-refractivity contribution in [2.24, 2.45) is 5.41 Å². The minimum atomic E-state index is 0.495. The van der Waals surface area contributed by atoms with E-state index >= 15 is 0 Å². The summed E-state index contributed by atoms with van der Waals surface area (Å²) in [6, 6.07) is 0. The lowest BCUT2D eigenvalue weighted by molar-refractivity contribution is 0.0186. The molecule has 2 fully saturated rings. The summed E-state index contributed by atoms with van der Waals surface area (Å²) >= 11 is 0. The number of ether oxygens (including phenoxy) is 1. The Balaban J connectivity index is 1.95. The Hall–Kier alpha value is -0.120. The van der Waals surface area contributed by atoms with Crippen LogP contribution in [0.1, 0.15) is 12.8 Å². The van der Waals surface area contributed by atoms with Gasteiger partial charge in [-0.1, -0.05) is 0 Å². The highest BCUT2D eigenvalue weighted by Gasteiger charge is 2.32. The van der Waals surface area contributed by atoms with Crippen LogP contribution in [0.2, 0.25) is 0 Å². The van der Waals surface area contributed by atoms with Crippen molar-refractivity contribution in [2.45, 2.75) is 12.8 Å². The van der Waals surface area contributed by atoms with Gasteiger partial charge in [-0.25, -0.2) is 0 Å². The number of rotatable bonds is 0. The molecule has 0 unspecified atom stereocenters. The highest BCUT2D eigenvalue weighted by Crippen LogP contribution is 2.29. The van der Waals surface area contributed by atoms with Gasteiger partial charge < -0.3 is 15.4 Å². The van der Waals surface area contributed by atoms with Crippen LogP contribution in [0.4, 0.5) is 0 Å². The molecule has 2 saturated heterocycles. The molecule has 0 aliphatic carbocycles. The molecular formula is C9H18N2O. The molecule has 2 aliphatic rings. The molecule has 2 heterocycles. The molecule has 2 aliphatic heterocycles. The van der Waals surface area contributed by atoms with Crippen LogP contribution in [0.25, 0.3) is 0 Å². The normalized spacial score (nSPS) is 30.0. The Morgan fingerprint density at radius 3 is 2.08 bits per heavy atom. The van der Waals surface area contributed by atoms with Crippen LogP contribution in [-0.4, -0.2) is 39.4 Å². The fraction of sp³-hybridized carbons (Fsp3) is 1.00. The summed E-state index contributed by atoms with van der Waals surface area (Å²) in [6.07, 6.45) is 2.43. The monoisotopic (exact) mass is 170 g/mol. The van der Waals surface area contributed by atoms with Crippen LogP contribution in [0.3, 0.4) is 0 Å². The zero-order valence-corrected chi connectivity index (χ0v) is 7.57. The van der Waals surface area contributed by atoms with Gasteiger partial charge >= 0.3 is 0 Å². The summed E-state index contributed by atoms with van der Waals surface area (Å²) < 4.78 is 5.38. The van der Waals surface area contributed by atoms with E-state index in [0.29, 0.717) is 5.41 Å². The van der Waals surface area contributed by atoms with E-state index in [9.17, 15) is 0 Å². The molecule has 3 nitrogen and oxygen atoms in total. The van der Waals surface area contributed by atoms with Crippen LogP contribution in [0, 0.1) is 5.41 Å². The zero-order valence-electron chi connectivity index (χ0n) is 7.57. The maximum Gasteiger partial charge on any atom is 0.0472 e. The first-order chi connectivity index (χ1) is 5.91. The third kappa shape index (κ3) is 1.79. The molecule has 3 heteroatoms. The molecule has 0 aromatic rings. The Kier molecular flexibility index (Phi) is 2.63. The lowest BCUT2D eigenvalue weighted by Crippen LogP contribution is -2.42. The van der Waals surface area contributed by atoms with Gasteiger partial charge in [0.2, 0.25) is 0 Å². The molecule has 0 aromatic heterocycles. The Labute approximate surface area is 73.9 Å². The maximum atomic E-state index is 5.38. The quantitative estimate of drug-likeness (QED) is 0.536. The van der Waals surface area contributed by atoms with Gasteiger partial charge in [0.25, 0.3) is 0 Å². The second-order valence-electron chi connectivity index (χ2n) is 3.97. The molecule has 70 valence electrons. The van der Waals surface area contributed by atoms with Crippen LogP contribution >= 0.6 is 0 Å². The van der Waals surface area contributed by atoms with Gasteiger partial charge in [-0.15, -0.1) is 0 Å². The van der Waals surface area contributed by atoms with E-state index in [1.165, 1.54) is 25.9 Å². The van der Waals surface area contributed by atoms with Crippen molar-refractivity contribution in [1.82, 2.24) is 10.6 Å². The first-order valence-corrected chi connectivity index (χ1v) is 4.91. The van der Waals surface area contributed by atoms with Crippen molar-refractivity contribution in [3.8, 4) is 0 Å². The van der Waals surface area contributed by atoms with Gasteiger partial charge in [0.05, 0.1) is 0 Å². The molecule has 0 saturated carbocycles. The smallest absolute Gasteiger partial charge is 0.0472 e. The molecule has 0 aromatic carbocycles. The number of hydrogen-bond donors (Lipinski definition) is 2. The maximum absolute atomic E-state index is 5.38. The van der Waals surface area contributed by atoms with Crippen molar-refractivity contribution >= 4 is 0 Å². The zero-order chi connectivity index (χ0) is 8.28. The van der Waals surface area contributed by atoms with Gasteiger partial charge in [0.15, 0.2) is 0 Å². The molecule has 0 bridgehead atoms. The average Bonchev–Trinajstić information content (AvgIpc) is 2.33. The van der Waals surface area contributed by atoms with Crippen LogP contribution in [-0.2, 0) is 4.74 Å². The van der Waals surface area contributed by atoms with E-state index in [0.717, 1.165) is 26.3 Å². The third-order valence-electron chi connectivity index (χ3n) is 3.03. The first-order valence-electron chi connectivity index (χ1n) is 4.91. The molecule has 2 rings (SSSR count). The van der Waals surface area contributed by atoms with Crippen molar-refractivity contribution in [1.29, 1.82) is 0 Å². The van der Waals surface area contributed by atoms with Crippen molar-refractivity contribution in [2.75, 3.05) is 39.4 Å². The topological polar surface area (TPSA) is 33.3 Å². The van der Waals surface area contributed by atoms with E-state index < -0.39 is 0 Å². The summed E-state index contributed by atoms with van der Waals surface area (Å²) in [7, 11) is 0. The molecule has 12 heavy (non-hydrogen) atoms. The van der Waals surface area contributed by atoms with E-state index in [2.05, 4.69) is 10.6 Å². The lowest BCUT2D eigenvalue weighted by atomic mass is 9.80. The highest BCUT2D eigenvalue weighted by atomic mass is 16.5. The van der Waals surface area contributed by atoms with E-state index in [-0.39, 0.29) is 0 Å². The van der Waals surface area contributed by atoms with Crippen LogP contribution < -0.4 is 10.6 Å². The third-order valence-corrected chi connectivity index (χ3v) is 3.03. The Morgan fingerprint density at radius 1 is 0.917 bits per heavy atom. The van der Waals surface area contributed by atoms with Crippen LogP contribution in [0.15, 0.2) is 0 Å². The summed E-state index contributed by atoms with van der Waals surface area (Å²) in [5, 5.41) is 6.98. The van der Waals surface area contributed by atoms with Gasteiger partial charge in [0, 0.05) is 39.4 Å². The van der Waals surface area contributed by atoms with E-state index in [4.69, 9.17) is 4.74 Å². The van der Waals surface area contributed by atoms with Crippen LogP contribution in [0.5, 0.6) is 0 Å². The largest absolute Gasteiger partial charge is 0.381 e. The second kappa shape index (κ2) is 3.73. The van der Waals surface area contributed by atoms with Gasteiger partial charge in [-0.3, -0.25) is 0 Å². The SMILES string of the molecule is C1CNCC2(CCOCC2)CN1. The van der Waals surface area contributed by atoms with Gasteiger partial charge in [-0.05, 0) is 18.3 Å². The van der Waals surface area contributed by atoms with E-state index in [1.54, 1.807) is 0 Å². The van der Waals surface area contributed by atoms with Crippen molar-refractivity contribution < 1.29 is 4.74 Å². The summed E-state index contributed by atoms with van der Waals surface area (Å²) in [5.74, 6) is 0. The Bertz CT molecular complexity index is 133. The first kappa shape index (κ1) is 8.48. The Morgan fingerprint density at radius 2 is 1.50 bits per heavy atom. The highest BCUT2D eigenvalue weighted by molar-refractivity contribution is 4.88. The summed E-state index contributed by atoms with van der Waals surface area (Å²) in [5.41, 5.74) is 0.495. The predicted octanol–water partition coefficient (Wildman–Crippen LogP) is -0.0240. The fourth-order valence-electron chi connectivity index (χ4n) is 2.10. The molecular weight excluding hydrogens is 152 g/mol. The lowest BCUT2D eigenvalue weighted by Gasteiger charge is -2.36. The summed E-state index contributed by atoms with van der Waals surface area (Å²) in [6.45, 7) is 6.46. The molecule has 0 radical (unpaired) electrons. The van der Waals surface area contributed by atoms with Gasteiger partial charge in [-0.2, -0.15) is 0 Å². The second-order valence-corrected chi connectivity index (χ2v) is 3.97. The molecule has 0 amide bonds. The van der Waals surface area contributed by atoms with Gasteiger partial charge in [0.1, 0.15) is 0 Å². The molecule has 0 atom stereocenters.